The van der Waals surface area contributed by atoms with E-state index in [1.165, 1.54) is 11.1 Å². The Bertz CT molecular complexity index is 717. The van der Waals surface area contributed by atoms with Crippen LogP contribution in [0.3, 0.4) is 0 Å². The van der Waals surface area contributed by atoms with Crippen molar-refractivity contribution in [3.05, 3.63) is 58.1 Å². The quantitative estimate of drug-likeness (QED) is 0.531. The Morgan fingerprint density at radius 1 is 1.00 bits per heavy atom. The lowest BCUT2D eigenvalue weighted by molar-refractivity contribution is 0.111. The molecule has 0 fully saturated rings. The van der Waals surface area contributed by atoms with Crippen LogP contribution in [-0.2, 0) is 5.41 Å². The summed E-state index contributed by atoms with van der Waals surface area (Å²) in [7, 11) is 0. The number of hydrogen-bond acceptors (Lipinski definition) is 3. The maximum absolute atomic E-state index is 11.1. The Kier molecular flexibility index (Phi) is 5.89. The van der Waals surface area contributed by atoms with Crippen LogP contribution in [0.25, 0.3) is 0 Å². The van der Waals surface area contributed by atoms with Crippen molar-refractivity contribution in [2.24, 2.45) is 0 Å². The van der Waals surface area contributed by atoms with E-state index >= 15 is 0 Å². The van der Waals surface area contributed by atoms with Gasteiger partial charge >= 0.3 is 0 Å². The molecule has 24 heavy (non-hydrogen) atoms. The van der Waals surface area contributed by atoms with Crippen molar-refractivity contribution < 1.29 is 14.3 Å². The molecule has 0 aliphatic rings. The minimum atomic E-state index is 0.00305. The van der Waals surface area contributed by atoms with Gasteiger partial charge in [0.05, 0.1) is 5.56 Å². The molecule has 0 aromatic heterocycles. The molecule has 4 heteroatoms. The van der Waals surface area contributed by atoms with Crippen molar-refractivity contribution >= 4 is 17.9 Å². The van der Waals surface area contributed by atoms with Gasteiger partial charge in [-0.15, -0.1) is 0 Å². The highest BCUT2D eigenvalue weighted by atomic mass is 35.5. The number of aldehydes is 1. The highest BCUT2D eigenvalue weighted by Gasteiger charge is 2.19. The van der Waals surface area contributed by atoms with E-state index < -0.39 is 0 Å². The van der Waals surface area contributed by atoms with Crippen LogP contribution in [-0.4, -0.2) is 19.5 Å². The van der Waals surface area contributed by atoms with Crippen LogP contribution >= 0.6 is 11.6 Å². The Balaban J connectivity index is 1.99. The topological polar surface area (TPSA) is 35.5 Å². The highest BCUT2D eigenvalue weighted by Crippen LogP contribution is 2.32. The number of rotatable bonds is 6. The van der Waals surface area contributed by atoms with E-state index in [0.29, 0.717) is 29.5 Å². The minimum Gasteiger partial charge on any atom is -0.490 e. The molecular formula is C20H23ClO3. The molecule has 0 amide bonds. The summed E-state index contributed by atoms with van der Waals surface area (Å²) in [5, 5.41) is 0.509. The fourth-order valence-corrected chi connectivity index (χ4v) is 2.58. The second kappa shape index (κ2) is 7.71. The van der Waals surface area contributed by atoms with Gasteiger partial charge in [-0.1, -0.05) is 50.1 Å². The standard InChI is InChI=1S/C20H23ClO3/c1-14-5-7-19(17(11-14)20(2,3)4)24-10-9-23-18-8-6-16(21)12-15(18)13-22/h5-8,11-13H,9-10H2,1-4H3. The van der Waals surface area contributed by atoms with Gasteiger partial charge in [0.25, 0.3) is 0 Å². The van der Waals surface area contributed by atoms with E-state index in [9.17, 15) is 4.79 Å². The molecule has 0 aliphatic carbocycles. The lowest BCUT2D eigenvalue weighted by Crippen LogP contribution is -2.16. The third-order valence-electron chi connectivity index (χ3n) is 3.64. The maximum atomic E-state index is 11.1. The molecule has 0 atom stereocenters. The molecule has 0 heterocycles. The molecule has 2 aromatic carbocycles. The van der Waals surface area contributed by atoms with Crippen molar-refractivity contribution in [2.75, 3.05) is 13.2 Å². The lowest BCUT2D eigenvalue weighted by Gasteiger charge is -2.23. The zero-order valence-corrected chi connectivity index (χ0v) is 15.3. The van der Waals surface area contributed by atoms with Gasteiger partial charge in [0.2, 0.25) is 0 Å². The van der Waals surface area contributed by atoms with Crippen LogP contribution < -0.4 is 9.47 Å². The van der Waals surface area contributed by atoms with Gasteiger partial charge in [0.1, 0.15) is 24.7 Å². The molecular weight excluding hydrogens is 324 g/mol. The van der Waals surface area contributed by atoms with Crippen LogP contribution in [0.5, 0.6) is 11.5 Å². The molecule has 3 nitrogen and oxygen atoms in total. The first-order valence-corrected chi connectivity index (χ1v) is 8.30. The zero-order chi connectivity index (χ0) is 17.7. The van der Waals surface area contributed by atoms with E-state index in [0.717, 1.165) is 12.0 Å². The van der Waals surface area contributed by atoms with E-state index in [1.54, 1.807) is 18.2 Å². The molecule has 0 radical (unpaired) electrons. The number of carbonyl (C=O) groups is 1. The van der Waals surface area contributed by atoms with E-state index in [2.05, 4.69) is 33.8 Å². The number of aryl methyl sites for hydroxylation is 1. The maximum Gasteiger partial charge on any atom is 0.153 e. The molecule has 0 saturated heterocycles. The van der Waals surface area contributed by atoms with Crippen LogP contribution in [0.1, 0.15) is 42.3 Å². The predicted octanol–water partition coefficient (Wildman–Crippen LogP) is 5.22. The molecule has 2 rings (SSSR count). The highest BCUT2D eigenvalue weighted by molar-refractivity contribution is 6.30. The third kappa shape index (κ3) is 4.75. The van der Waals surface area contributed by atoms with Gasteiger partial charge in [-0.3, -0.25) is 4.79 Å². The van der Waals surface area contributed by atoms with E-state index in [4.69, 9.17) is 21.1 Å². The molecule has 0 N–H and O–H groups in total. The number of benzene rings is 2. The Hall–Kier alpha value is -2.00. The summed E-state index contributed by atoms with van der Waals surface area (Å²) in [5.74, 6) is 1.38. The van der Waals surface area contributed by atoms with Crippen LogP contribution in [0.15, 0.2) is 36.4 Å². The number of ether oxygens (including phenoxy) is 2. The lowest BCUT2D eigenvalue weighted by atomic mass is 9.85. The fraction of sp³-hybridized carbons (Fsp3) is 0.350. The first kappa shape index (κ1) is 18.3. The molecule has 0 spiro atoms. The largest absolute Gasteiger partial charge is 0.490 e. The summed E-state index contributed by atoms with van der Waals surface area (Å²) in [4.78, 5) is 11.1. The predicted molar refractivity (Wildman–Crippen MR) is 97.7 cm³/mol. The third-order valence-corrected chi connectivity index (χ3v) is 3.88. The molecule has 2 aromatic rings. The summed E-state index contributed by atoms with van der Waals surface area (Å²) >= 11 is 5.87. The monoisotopic (exact) mass is 346 g/mol. The summed E-state index contributed by atoms with van der Waals surface area (Å²) in [6.07, 6.45) is 0.736. The minimum absolute atomic E-state index is 0.00305. The average Bonchev–Trinajstić information content (AvgIpc) is 2.52. The second-order valence-corrected chi connectivity index (χ2v) is 7.18. The molecule has 0 bridgehead atoms. The first-order valence-electron chi connectivity index (χ1n) is 7.93. The smallest absolute Gasteiger partial charge is 0.153 e. The van der Waals surface area contributed by atoms with E-state index in [-0.39, 0.29) is 5.41 Å². The summed E-state index contributed by atoms with van der Waals surface area (Å²) in [5.41, 5.74) is 2.82. The summed E-state index contributed by atoms with van der Waals surface area (Å²) in [6.45, 7) is 9.30. The number of hydrogen-bond donors (Lipinski definition) is 0. The van der Waals surface area contributed by atoms with Crippen molar-refractivity contribution in [3.63, 3.8) is 0 Å². The molecule has 128 valence electrons. The Morgan fingerprint density at radius 2 is 1.62 bits per heavy atom. The van der Waals surface area contributed by atoms with Crippen LogP contribution in [0, 0.1) is 6.92 Å². The summed E-state index contributed by atoms with van der Waals surface area (Å²) < 4.78 is 11.5. The fourth-order valence-electron chi connectivity index (χ4n) is 2.40. The van der Waals surface area contributed by atoms with Crippen molar-refractivity contribution in [3.8, 4) is 11.5 Å². The van der Waals surface area contributed by atoms with Gasteiger partial charge in [0, 0.05) is 5.02 Å². The summed E-state index contributed by atoms with van der Waals surface area (Å²) in [6, 6.07) is 11.2. The Morgan fingerprint density at radius 3 is 2.25 bits per heavy atom. The molecule has 0 unspecified atom stereocenters. The Labute approximate surface area is 148 Å². The van der Waals surface area contributed by atoms with Crippen LogP contribution in [0.4, 0.5) is 0 Å². The second-order valence-electron chi connectivity index (χ2n) is 6.75. The normalized spacial score (nSPS) is 11.2. The first-order chi connectivity index (χ1) is 11.3. The number of halogens is 1. The van der Waals surface area contributed by atoms with Gasteiger partial charge in [0.15, 0.2) is 6.29 Å². The van der Waals surface area contributed by atoms with Gasteiger partial charge < -0.3 is 9.47 Å². The average molecular weight is 347 g/mol. The SMILES string of the molecule is Cc1ccc(OCCOc2ccc(Cl)cc2C=O)c(C(C)(C)C)c1. The van der Waals surface area contributed by atoms with Crippen LogP contribution in [0.2, 0.25) is 5.02 Å². The van der Waals surface area contributed by atoms with Gasteiger partial charge in [-0.25, -0.2) is 0 Å². The van der Waals surface area contributed by atoms with Crippen molar-refractivity contribution in [2.45, 2.75) is 33.1 Å². The van der Waals surface area contributed by atoms with Gasteiger partial charge in [-0.2, -0.15) is 0 Å². The molecule has 0 saturated carbocycles. The van der Waals surface area contributed by atoms with Crippen molar-refractivity contribution in [1.82, 2.24) is 0 Å². The van der Waals surface area contributed by atoms with Crippen molar-refractivity contribution in [1.29, 1.82) is 0 Å². The number of carbonyl (C=O) groups excluding carboxylic acids is 1. The van der Waals surface area contributed by atoms with Gasteiger partial charge in [-0.05, 0) is 42.2 Å². The van der Waals surface area contributed by atoms with E-state index in [1.807, 2.05) is 12.1 Å². The zero-order valence-electron chi connectivity index (χ0n) is 14.6. The molecule has 0 aliphatic heterocycles.